The minimum Gasteiger partial charge on any atom is -0.347 e. The SMILES string of the molecule is CS/C(=C\N=Cc1ccc(F)cc1)CNC(=O)c1ccc2c(c1)NC(=O)c1ccccc1S2. The molecule has 0 aromatic heterocycles. The number of anilines is 1. The predicted molar refractivity (Wildman–Crippen MR) is 133 cm³/mol. The van der Waals surface area contributed by atoms with Crippen molar-refractivity contribution in [3.63, 3.8) is 0 Å². The number of carbonyl (C=O) groups is 2. The quantitative estimate of drug-likeness (QED) is 0.454. The number of thioether (sulfide) groups is 1. The third-order valence-electron chi connectivity index (χ3n) is 4.84. The Bertz CT molecular complexity index is 1260. The van der Waals surface area contributed by atoms with E-state index in [0.29, 0.717) is 23.4 Å². The predicted octanol–water partition coefficient (Wildman–Crippen LogP) is 5.60. The van der Waals surface area contributed by atoms with Crippen LogP contribution in [0.15, 0.2) is 92.6 Å². The Kier molecular flexibility index (Phi) is 7.26. The summed E-state index contributed by atoms with van der Waals surface area (Å²) in [7, 11) is 0. The van der Waals surface area contributed by atoms with E-state index in [9.17, 15) is 14.0 Å². The third-order valence-corrected chi connectivity index (χ3v) is 6.77. The van der Waals surface area contributed by atoms with Crippen LogP contribution in [0.25, 0.3) is 0 Å². The van der Waals surface area contributed by atoms with Gasteiger partial charge in [0.05, 0.1) is 17.8 Å². The Morgan fingerprint density at radius 2 is 1.91 bits per heavy atom. The molecule has 3 aromatic rings. The van der Waals surface area contributed by atoms with Crippen LogP contribution in [0.5, 0.6) is 0 Å². The number of benzene rings is 3. The number of nitrogens with one attached hydrogen (secondary N) is 2. The van der Waals surface area contributed by atoms with Gasteiger partial charge in [0.2, 0.25) is 0 Å². The zero-order valence-electron chi connectivity index (χ0n) is 17.7. The van der Waals surface area contributed by atoms with Gasteiger partial charge in [-0.05, 0) is 54.3 Å². The first-order chi connectivity index (χ1) is 16.0. The summed E-state index contributed by atoms with van der Waals surface area (Å²) in [6.07, 6.45) is 5.19. The second kappa shape index (κ2) is 10.5. The molecule has 0 aliphatic carbocycles. The van der Waals surface area contributed by atoms with Crippen molar-refractivity contribution in [2.75, 3.05) is 18.1 Å². The molecule has 0 saturated carbocycles. The molecular weight excluding hydrogens is 457 g/mol. The van der Waals surface area contributed by atoms with E-state index in [1.807, 2.05) is 30.5 Å². The van der Waals surface area contributed by atoms with Crippen molar-refractivity contribution in [1.82, 2.24) is 5.32 Å². The van der Waals surface area contributed by atoms with Gasteiger partial charge in [-0.1, -0.05) is 36.0 Å². The molecule has 0 saturated heterocycles. The van der Waals surface area contributed by atoms with E-state index in [1.54, 1.807) is 42.7 Å². The number of carbonyl (C=O) groups excluding carboxylic acids is 2. The summed E-state index contributed by atoms with van der Waals surface area (Å²) >= 11 is 2.97. The fourth-order valence-corrected chi connectivity index (χ4v) is 4.50. The van der Waals surface area contributed by atoms with Crippen molar-refractivity contribution in [3.8, 4) is 0 Å². The molecule has 0 spiro atoms. The van der Waals surface area contributed by atoms with Crippen LogP contribution >= 0.6 is 23.5 Å². The molecule has 0 atom stereocenters. The Morgan fingerprint density at radius 3 is 2.70 bits per heavy atom. The van der Waals surface area contributed by atoms with E-state index < -0.39 is 0 Å². The van der Waals surface area contributed by atoms with Gasteiger partial charge >= 0.3 is 0 Å². The molecule has 1 heterocycles. The molecule has 8 heteroatoms. The van der Waals surface area contributed by atoms with Gasteiger partial charge in [0.1, 0.15) is 5.82 Å². The van der Waals surface area contributed by atoms with Gasteiger partial charge in [0, 0.05) is 32.7 Å². The van der Waals surface area contributed by atoms with Gasteiger partial charge in [0.15, 0.2) is 0 Å². The zero-order valence-corrected chi connectivity index (χ0v) is 19.3. The van der Waals surface area contributed by atoms with Crippen molar-refractivity contribution in [3.05, 3.63) is 100 Å². The minimum atomic E-state index is -0.296. The molecular formula is C25H20FN3O2S2. The number of nitrogens with zero attached hydrogens (tertiary/aromatic N) is 1. The number of hydrogen-bond donors (Lipinski definition) is 2. The molecule has 0 radical (unpaired) electrons. The van der Waals surface area contributed by atoms with Gasteiger partial charge in [-0.25, -0.2) is 4.39 Å². The lowest BCUT2D eigenvalue weighted by Gasteiger charge is -2.10. The first-order valence-electron chi connectivity index (χ1n) is 10.1. The average molecular weight is 478 g/mol. The van der Waals surface area contributed by atoms with Gasteiger partial charge in [-0.15, -0.1) is 11.8 Å². The van der Waals surface area contributed by atoms with Gasteiger partial charge < -0.3 is 10.6 Å². The second-order valence-electron chi connectivity index (χ2n) is 7.08. The summed E-state index contributed by atoms with van der Waals surface area (Å²) in [4.78, 5) is 32.1. The highest BCUT2D eigenvalue weighted by Crippen LogP contribution is 2.39. The van der Waals surface area contributed by atoms with Gasteiger partial charge in [-0.2, -0.15) is 0 Å². The van der Waals surface area contributed by atoms with Crippen LogP contribution in [-0.4, -0.2) is 30.8 Å². The van der Waals surface area contributed by atoms with Gasteiger partial charge in [0.25, 0.3) is 11.8 Å². The maximum atomic E-state index is 13.0. The van der Waals surface area contributed by atoms with Crippen molar-refractivity contribution in [1.29, 1.82) is 0 Å². The number of aliphatic imine (C=N–C) groups is 1. The molecule has 4 rings (SSSR count). The third kappa shape index (κ3) is 5.71. The Morgan fingerprint density at radius 1 is 1.12 bits per heavy atom. The van der Waals surface area contributed by atoms with Crippen LogP contribution in [0, 0.1) is 5.82 Å². The Hall–Kier alpha value is -3.36. The molecule has 2 N–H and O–H groups in total. The van der Waals surface area contributed by atoms with Crippen LogP contribution in [0.1, 0.15) is 26.3 Å². The van der Waals surface area contributed by atoms with Crippen LogP contribution < -0.4 is 10.6 Å². The highest BCUT2D eigenvalue weighted by molar-refractivity contribution is 8.02. The summed E-state index contributed by atoms with van der Waals surface area (Å²) in [6.45, 7) is 0.310. The highest BCUT2D eigenvalue weighted by atomic mass is 32.2. The van der Waals surface area contributed by atoms with Crippen LogP contribution in [0.2, 0.25) is 0 Å². The Balaban J connectivity index is 1.42. The largest absolute Gasteiger partial charge is 0.347 e. The first kappa shape index (κ1) is 22.8. The summed E-state index contributed by atoms with van der Waals surface area (Å²) < 4.78 is 13.0. The lowest BCUT2D eigenvalue weighted by atomic mass is 10.1. The molecule has 0 bridgehead atoms. The van der Waals surface area contributed by atoms with E-state index in [2.05, 4.69) is 15.6 Å². The lowest BCUT2D eigenvalue weighted by molar-refractivity contribution is 0.0956. The lowest BCUT2D eigenvalue weighted by Crippen LogP contribution is -2.25. The maximum Gasteiger partial charge on any atom is 0.256 e. The normalized spacial score (nSPS) is 13.2. The summed E-state index contributed by atoms with van der Waals surface area (Å²) in [5, 5.41) is 5.78. The molecule has 1 aliphatic rings. The molecule has 166 valence electrons. The summed E-state index contributed by atoms with van der Waals surface area (Å²) in [5.41, 5.74) is 2.46. The van der Waals surface area contributed by atoms with E-state index in [-0.39, 0.29) is 17.6 Å². The molecule has 5 nitrogen and oxygen atoms in total. The van der Waals surface area contributed by atoms with E-state index >= 15 is 0 Å². The van der Waals surface area contributed by atoms with E-state index in [4.69, 9.17) is 0 Å². The fourth-order valence-electron chi connectivity index (χ4n) is 3.10. The molecule has 0 fully saturated rings. The Labute approximate surface area is 199 Å². The van der Waals surface area contributed by atoms with Crippen LogP contribution in [-0.2, 0) is 0 Å². The topological polar surface area (TPSA) is 70.6 Å². The molecule has 1 aliphatic heterocycles. The smallest absolute Gasteiger partial charge is 0.256 e. The van der Waals surface area contributed by atoms with Crippen molar-refractivity contribution in [2.45, 2.75) is 9.79 Å². The maximum absolute atomic E-state index is 13.0. The molecule has 0 unspecified atom stereocenters. The van der Waals surface area contributed by atoms with Crippen molar-refractivity contribution in [2.24, 2.45) is 4.99 Å². The highest BCUT2D eigenvalue weighted by Gasteiger charge is 2.20. The average Bonchev–Trinajstić information content (AvgIpc) is 2.97. The number of hydrogen-bond acceptors (Lipinski definition) is 5. The van der Waals surface area contributed by atoms with E-state index in [1.165, 1.54) is 35.7 Å². The number of fused-ring (bicyclic) bond motifs is 2. The molecule has 2 amide bonds. The second-order valence-corrected chi connectivity index (χ2v) is 9.09. The summed E-state index contributed by atoms with van der Waals surface area (Å²) in [5.74, 6) is -0.738. The first-order valence-corrected chi connectivity index (χ1v) is 12.1. The zero-order chi connectivity index (χ0) is 23.2. The number of amides is 2. The van der Waals surface area contributed by atoms with Crippen molar-refractivity contribution < 1.29 is 14.0 Å². The van der Waals surface area contributed by atoms with Crippen LogP contribution in [0.3, 0.4) is 0 Å². The molecule has 3 aromatic carbocycles. The van der Waals surface area contributed by atoms with Gasteiger partial charge in [-0.3, -0.25) is 14.6 Å². The number of rotatable bonds is 6. The van der Waals surface area contributed by atoms with E-state index in [0.717, 1.165) is 20.3 Å². The monoisotopic (exact) mass is 477 g/mol. The molecule has 33 heavy (non-hydrogen) atoms. The number of halogens is 1. The fraction of sp³-hybridized carbons (Fsp3) is 0.0800. The standard InChI is InChI=1S/C25H20FN3O2S2/c1-32-19(14-27-13-16-6-9-18(26)10-7-16)15-28-24(30)17-8-11-23-21(12-17)29-25(31)20-4-2-3-5-22(20)33-23/h2-14H,15H2,1H3,(H,28,30)(H,29,31)/b19-14-,27-13?. The summed E-state index contributed by atoms with van der Waals surface area (Å²) in [6, 6.07) is 18.7. The van der Waals surface area contributed by atoms with Crippen molar-refractivity contribution >= 4 is 47.2 Å². The minimum absolute atomic E-state index is 0.193. The van der Waals surface area contributed by atoms with Crippen LogP contribution in [0.4, 0.5) is 10.1 Å².